The maximum Gasteiger partial charge on any atom is 0.239 e. The highest BCUT2D eigenvalue weighted by atomic mass is 35.5. The smallest absolute Gasteiger partial charge is 0.239 e. The molecule has 1 heterocycles. The van der Waals surface area contributed by atoms with Gasteiger partial charge in [0.2, 0.25) is 11.8 Å². The summed E-state index contributed by atoms with van der Waals surface area (Å²) in [5, 5.41) is 9.74. The molecule has 2 rings (SSSR count). The van der Waals surface area contributed by atoms with E-state index < -0.39 is 0 Å². The topological polar surface area (TPSA) is 87.5 Å². The minimum absolute atomic E-state index is 0.00804. The summed E-state index contributed by atoms with van der Waals surface area (Å²) in [5.74, 6) is 0.309. The number of amides is 2. The molecule has 0 saturated heterocycles. The Morgan fingerprint density at radius 1 is 1.17 bits per heavy atom. The number of likely N-dealkylation sites (N-methyl/N-ethyl adjacent to an activating group) is 1. The third-order valence-electron chi connectivity index (χ3n) is 2.92. The summed E-state index contributed by atoms with van der Waals surface area (Å²) in [6.45, 7) is 1.75. The molecule has 9 heteroatoms. The van der Waals surface area contributed by atoms with Crippen LogP contribution >= 0.6 is 23.2 Å². The second-order valence-corrected chi connectivity index (χ2v) is 6.06. The first-order valence-electron chi connectivity index (χ1n) is 7.00. The van der Waals surface area contributed by atoms with E-state index in [4.69, 9.17) is 27.7 Å². The van der Waals surface area contributed by atoms with Gasteiger partial charge in [-0.05, 0) is 32.2 Å². The van der Waals surface area contributed by atoms with Crippen molar-refractivity contribution in [3.63, 3.8) is 0 Å². The maximum atomic E-state index is 12.0. The molecule has 0 fully saturated rings. The van der Waals surface area contributed by atoms with Crippen LogP contribution in [0.4, 0.5) is 11.5 Å². The highest BCUT2D eigenvalue weighted by molar-refractivity contribution is 6.35. The van der Waals surface area contributed by atoms with Crippen molar-refractivity contribution in [3.8, 4) is 0 Å². The van der Waals surface area contributed by atoms with E-state index in [1.807, 2.05) is 0 Å². The molecule has 128 valence electrons. The van der Waals surface area contributed by atoms with Gasteiger partial charge in [0.05, 0.1) is 23.8 Å². The fourth-order valence-electron chi connectivity index (χ4n) is 1.94. The number of aryl methyl sites for hydroxylation is 1. The molecule has 0 saturated carbocycles. The summed E-state index contributed by atoms with van der Waals surface area (Å²) in [5.41, 5.74) is 0.421. The molecule has 0 spiro atoms. The monoisotopic (exact) mass is 370 g/mol. The zero-order valence-corrected chi connectivity index (χ0v) is 14.6. The Morgan fingerprint density at radius 2 is 1.83 bits per heavy atom. The number of nitrogens with zero attached hydrogens (tertiary/aromatic N) is 2. The van der Waals surface area contributed by atoms with E-state index >= 15 is 0 Å². The highest BCUT2D eigenvalue weighted by Crippen LogP contribution is 2.25. The van der Waals surface area contributed by atoms with Crippen LogP contribution in [0.3, 0.4) is 0 Å². The lowest BCUT2D eigenvalue weighted by molar-refractivity contribution is -0.119. The number of rotatable bonds is 6. The Morgan fingerprint density at radius 3 is 2.46 bits per heavy atom. The Labute approximate surface area is 148 Å². The number of hydrogen-bond acceptors (Lipinski definition) is 5. The lowest BCUT2D eigenvalue weighted by Crippen LogP contribution is -2.36. The van der Waals surface area contributed by atoms with Crippen LogP contribution < -0.4 is 10.6 Å². The van der Waals surface area contributed by atoms with Gasteiger partial charge in [-0.1, -0.05) is 28.4 Å². The van der Waals surface area contributed by atoms with Crippen molar-refractivity contribution in [2.24, 2.45) is 0 Å². The zero-order chi connectivity index (χ0) is 17.7. The number of benzene rings is 1. The number of nitrogens with one attached hydrogen (secondary N) is 2. The normalized spacial score (nSPS) is 10.7. The lowest BCUT2D eigenvalue weighted by Gasteiger charge is -2.16. The molecule has 0 radical (unpaired) electrons. The summed E-state index contributed by atoms with van der Waals surface area (Å²) in [6.07, 6.45) is 0. The number of hydrogen-bond donors (Lipinski definition) is 2. The number of anilines is 2. The lowest BCUT2D eigenvalue weighted by atomic mass is 10.3. The van der Waals surface area contributed by atoms with Crippen molar-refractivity contribution in [2.45, 2.75) is 6.92 Å². The standard InChI is InChI=1S/C15H16Cl2N4O3/c1-9-5-13(20-24-9)19-15(23)8-21(2)7-14(22)18-12-6-10(16)3-4-11(12)17/h3-6H,7-8H2,1-2H3,(H,18,22)(H,19,20,23). The molecule has 0 bridgehead atoms. The zero-order valence-electron chi connectivity index (χ0n) is 13.1. The predicted octanol–water partition coefficient (Wildman–Crippen LogP) is 2.80. The number of halogens is 2. The third kappa shape index (κ3) is 5.52. The summed E-state index contributed by atoms with van der Waals surface area (Å²) in [7, 11) is 1.65. The number of carbonyl (C=O) groups excluding carboxylic acids is 2. The molecular weight excluding hydrogens is 355 g/mol. The molecule has 2 N–H and O–H groups in total. The Bertz CT molecular complexity index is 748. The Hall–Kier alpha value is -2.09. The van der Waals surface area contributed by atoms with Gasteiger partial charge in [0.25, 0.3) is 0 Å². The first kappa shape index (κ1) is 18.3. The first-order chi connectivity index (χ1) is 11.3. The SMILES string of the molecule is Cc1cc(NC(=O)CN(C)CC(=O)Nc2cc(Cl)ccc2Cl)no1. The second kappa shape index (κ2) is 8.14. The van der Waals surface area contributed by atoms with Gasteiger partial charge in [-0.15, -0.1) is 0 Å². The van der Waals surface area contributed by atoms with Crippen LogP contribution in [0.5, 0.6) is 0 Å². The molecule has 1 aromatic carbocycles. The average Bonchev–Trinajstić information content (AvgIpc) is 2.87. The second-order valence-electron chi connectivity index (χ2n) is 5.22. The molecule has 7 nitrogen and oxygen atoms in total. The van der Waals surface area contributed by atoms with Gasteiger partial charge in [-0.3, -0.25) is 14.5 Å². The van der Waals surface area contributed by atoms with Gasteiger partial charge in [0.1, 0.15) is 5.76 Å². The van der Waals surface area contributed by atoms with Crippen LogP contribution in [0.25, 0.3) is 0 Å². The van der Waals surface area contributed by atoms with Crippen LogP contribution in [0.15, 0.2) is 28.8 Å². The van der Waals surface area contributed by atoms with E-state index in [0.29, 0.717) is 27.3 Å². The van der Waals surface area contributed by atoms with Crippen molar-refractivity contribution < 1.29 is 14.1 Å². The fraction of sp³-hybridized carbons (Fsp3) is 0.267. The summed E-state index contributed by atoms with van der Waals surface area (Å²) < 4.78 is 4.86. The Balaban J connectivity index is 1.82. The van der Waals surface area contributed by atoms with Crippen LogP contribution in [0.1, 0.15) is 5.76 Å². The van der Waals surface area contributed by atoms with E-state index in [2.05, 4.69) is 15.8 Å². The molecule has 2 aromatic rings. The van der Waals surface area contributed by atoms with Gasteiger partial charge in [0.15, 0.2) is 5.82 Å². The van der Waals surface area contributed by atoms with E-state index in [1.54, 1.807) is 43.1 Å². The molecule has 0 aliphatic heterocycles. The summed E-state index contributed by atoms with van der Waals surface area (Å²) in [6, 6.07) is 6.38. The van der Waals surface area contributed by atoms with Crippen molar-refractivity contribution in [1.82, 2.24) is 10.1 Å². The molecule has 0 aliphatic rings. The first-order valence-corrected chi connectivity index (χ1v) is 7.75. The third-order valence-corrected chi connectivity index (χ3v) is 3.49. The van der Waals surface area contributed by atoms with E-state index in [-0.39, 0.29) is 24.9 Å². The summed E-state index contributed by atoms with van der Waals surface area (Å²) in [4.78, 5) is 25.4. The summed E-state index contributed by atoms with van der Waals surface area (Å²) >= 11 is 11.9. The quantitative estimate of drug-likeness (QED) is 0.816. The molecular formula is C15H16Cl2N4O3. The van der Waals surface area contributed by atoms with Crippen molar-refractivity contribution in [1.29, 1.82) is 0 Å². The van der Waals surface area contributed by atoms with Gasteiger partial charge in [-0.2, -0.15) is 0 Å². The largest absolute Gasteiger partial charge is 0.360 e. The van der Waals surface area contributed by atoms with Crippen LogP contribution in [-0.2, 0) is 9.59 Å². The van der Waals surface area contributed by atoms with E-state index in [0.717, 1.165) is 0 Å². The number of carbonyl (C=O) groups is 2. The minimum atomic E-state index is -0.313. The molecule has 0 aliphatic carbocycles. The Kier molecular flexibility index (Phi) is 6.19. The minimum Gasteiger partial charge on any atom is -0.360 e. The highest BCUT2D eigenvalue weighted by Gasteiger charge is 2.13. The van der Waals surface area contributed by atoms with Crippen molar-refractivity contribution in [2.75, 3.05) is 30.8 Å². The number of aromatic nitrogens is 1. The van der Waals surface area contributed by atoms with Crippen molar-refractivity contribution in [3.05, 3.63) is 40.1 Å². The molecule has 2 amide bonds. The van der Waals surface area contributed by atoms with Gasteiger partial charge in [0, 0.05) is 11.1 Å². The maximum absolute atomic E-state index is 12.0. The molecule has 0 unspecified atom stereocenters. The van der Waals surface area contributed by atoms with E-state index in [9.17, 15) is 9.59 Å². The van der Waals surface area contributed by atoms with E-state index in [1.165, 1.54) is 0 Å². The average molecular weight is 371 g/mol. The van der Waals surface area contributed by atoms with Gasteiger partial charge in [-0.25, -0.2) is 0 Å². The van der Waals surface area contributed by atoms with Crippen molar-refractivity contribution >= 4 is 46.5 Å². The van der Waals surface area contributed by atoms with Gasteiger partial charge >= 0.3 is 0 Å². The predicted molar refractivity (Wildman–Crippen MR) is 92.5 cm³/mol. The molecule has 0 atom stereocenters. The van der Waals surface area contributed by atoms with Gasteiger partial charge < -0.3 is 15.2 Å². The van der Waals surface area contributed by atoms with Crippen LogP contribution in [-0.4, -0.2) is 42.0 Å². The van der Waals surface area contributed by atoms with Crippen LogP contribution in [0, 0.1) is 6.92 Å². The molecule has 24 heavy (non-hydrogen) atoms. The molecule has 1 aromatic heterocycles. The van der Waals surface area contributed by atoms with Crippen LogP contribution in [0.2, 0.25) is 10.0 Å². The fourth-order valence-corrected chi connectivity index (χ4v) is 2.27.